The van der Waals surface area contributed by atoms with E-state index in [0.29, 0.717) is 6.54 Å². The van der Waals surface area contributed by atoms with Gasteiger partial charge in [0.2, 0.25) is 5.91 Å². The van der Waals surface area contributed by atoms with Crippen molar-refractivity contribution < 1.29 is 4.79 Å². The van der Waals surface area contributed by atoms with Crippen LogP contribution in [0.4, 0.5) is 11.5 Å². The lowest BCUT2D eigenvalue weighted by Crippen LogP contribution is -2.35. The second-order valence-corrected chi connectivity index (χ2v) is 6.97. The maximum absolute atomic E-state index is 11.9. The highest BCUT2D eigenvalue weighted by atomic mass is 16.2. The van der Waals surface area contributed by atoms with E-state index in [2.05, 4.69) is 35.7 Å². The molecule has 25 heavy (non-hydrogen) atoms. The SMILES string of the molecule is C=C(C)n1nc(N2CCCc3ccccc32)c2c1CCN(C(C)=O)C2. The lowest BCUT2D eigenvalue weighted by molar-refractivity contribution is -0.129. The van der Waals surface area contributed by atoms with E-state index in [4.69, 9.17) is 5.10 Å². The second-order valence-electron chi connectivity index (χ2n) is 6.97. The number of aryl methyl sites for hydroxylation is 1. The minimum Gasteiger partial charge on any atom is -0.338 e. The molecule has 5 heteroatoms. The minimum atomic E-state index is 0.124. The van der Waals surface area contributed by atoms with Gasteiger partial charge in [0.15, 0.2) is 5.82 Å². The summed E-state index contributed by atoms with van der Waals surface area (Å²) in [7, 11) is 0. The standard InChI is InChI=1S/C20H24N4O/c1-14(2)24-19-10-12-22(15(3)25)13-17(19)20(21-24)23-11-6-8-16-7-4-5-9-18(16)23/h4-5,7,9H,1,6,8,10-13H2,2-3H3. The lowest BCUT2D eigenvalue weighted by atomic mass is 10.0. The largest absolute Gasteiger partial charge is 0.338 e. The van der Waals surface area contributed by atoms with E-state index in [0.717, 1.165) is 43.9 Å². The second kappa shape index (κ2) is 6.06. The zero-order chi connectivity index (χ0) is 17.6. The Hall–Kier alpha value is -2.56. The number of carbonyl (C=O) groups excluding carboxylic acids is 1. The van der Waals surface area contributed by atoms with Crippen LogP contribution < -0.4 is 4.90 Å². The average Bonchev–Trinajstić information content (AvgIpc) is 3.00. The molecule has 0 unspecified atom stereocenters. The van der Waals surface area contributed by atoms with Crippen LogP contribution in [0.25, 0.3) is 5.70 Å². The number of para-hydroxylation sites is 1. The number of hydrogen-bond donors (Lipinski definition) is 0. The lowest BCUT2D eigenvalue weighted by Gasteiger charge is -2.32. The number of carbonyl (C=O) groups is 1. The number of hydrogen-bond acceptors (Lipinski definition) is 3. The Kier molecular flexibility index (Phi) is 3.86. The first-order chi connectivity index (χ1) is 12.1. The third kappa shape index (κ3) is 2.64. The number of allylic oxidation sites excluding steroid dienone is 1. The molecule has 1 aromatic heterocycles. The first-order valence-electron chi connectivity index (χ1n) is 8.94. The van der Waals surface area contributed by atoms with E-state index < -0.39 is 0 Å². The maximum Gasteiger partial charge on any atom is 0.219 e. The summed E-state index contributed by atoms with van der Waals surface area (Å²) in [6, 6.07) is 8.56. The summed E-state index contributed by atoms with van der Waals surface area (Å²) in [5.74, 6) is 1.11. The topological polar surface area (TPSA) is 41.4 Å². The third-order valence-electron chi connectivity index (χ3n) is 5.21. The van der Waals surface area contributed by atoms with Gasteiger partial charge in [0.25, 0.3) is 0 Å². The zero-order valence-electron chi connectivity index (χ0n) is 15.0. The Morgan fingerprint density at radius 3 is 2.72 bits per heavy atom. The van der Waals surface area contributed by atoms with E-state index in [1.807, 2.05) is 16.5 Å². The van der Waals surface area contributed by atoms with Crippen molar-refractivity contribution in [3.8, 4) is 0 Å². The Balaban J connectivity index is 1.83. The molecule has 0 saturated carbocycles. The summed E-state index contributed by atoms with van der Waals surface area (Å²) in [5, 5.41) is 4.91. The van der Waals surface area contributed by atoms with Crippen LogP contribution in [0.2, 0.25) is 0 Å². The minimum absolute atomic E-state index is 0.124. The van der Waals surface area contributed by atoms with E-state index in [1.54, 1.807) is 6.92 Å². The van der Waals surface area contributed by atoms with Crippen molar-refractivity contribution >= 4 is 23.1 Å². The van der Waals surface area contributed by atoms with Crippen molar-refractivity contribution in [1.29, 1.82) is 0 Å². The molecule has 0 spiro atoms. The molecule has 0 fully saturated rings. The average molecular weight is 336 g/mol. The van der Waals surface area contributed by atoms with Crippen molar-refractivity contribution in [2.24, 2.45) is 0 Å². The Labute approximate surface area is 148 Å². The molecular weight excluding hydrogens is 312 g/mol. The molecule has 1 amide bonds. The highest BCUT2D eigenvalue weighted by Gasteiger charge is 2.30. The molecule has 2 aliphatic rings. The van der Waals surface area contributed by atoms with Gasteiger partial charge in [-0.25, -0.2) is 4.68 Å². The number of fused-ring (bicyclic) bond motifs is 2. The summed E-state index contributed by atoms with van der Waals surface area (Å²) >= 11 is 0. The first-order valence-corrected chi connectivity index (χ1v) is 8.94. The van der Waals surface area contributed by atoms with Crippen molar-refractivity contribution in [2.75, 3.05) is 18.0 Å². The number of rotatable bonds is 2. The van der Waals surface area contributed by atoms with E-state index in [1.165, 1.54) is 22.5 Å². The van der Waals surface area contributed by atoms with Gasteiger partial charge in [-0.05, 0) is 31.4 Å². The highest BCUT2D eigenvalue weighted by molar-refractivity contribution is 5.75. The van der Waals surface area contributed by atoms with E-state index in [9.17, 15) is 4.79 Å². The fraction of sp³-hybridized carbons (Fsp3) is 0.400. The fourth-order valence-corrected chi connectivity index (χ4v) is 3.96. The molecule has 0 atom stereocenters. The zero-order valence-corrected chi connectivity index (χ0v) is 15.0. The van der Waals surface area contributed by atoms with Gasteiger partial charge in [-0.3, -0.25) is 4.79 Å². The molecule has 3 heterocycles. The molecule has 130 valence electrons. The van der Waals surface area contributed by atoms with Gasteiger partial charge in [-0.1, -0.05) is 24.8 Å². The molecule has 0 bridgehead atoms. The molecule has 4 rings (SSSR count). The number of anilines is 2. The van der Waals surface area contributed by atoms with Crippen molar-refractivity contribution in [1.82, 2.24) is 14.7 Å². The third-order valence-corrected chi connectivity index (χ3v) is 5.21. The smallest absolute Gasteiger partial charge is 0.219 e. The highest BCUT2D eigenvalue weighted by Crippen LogP contribution is 2.38. The molecule has 0 N–H and O–H groups in total. The predicted molar refractivity (Wildman–Crippen MR) is 99.8 cm³/mol. The van der Waals surface area contributed by atoms with Crippen LogP contribution in [-0.2, 0) is 24.2 Å². The number of aromatic nitrogens is 2. The van der Waals surface area contributed by atoms with Crippen LogP contribution in [0, 0.1) is 0 Å². The molecule has 2 aromatic rings. The van der Waals surface area contributed by atoms with Crippen LogP contribution in [0.1, 0.15) is 37.1 Å². The van der Waals surface area contributed by atoms with Gasteiger partial charge >= 0.3 is 0 Å². The fourth-order valence-electron chi connectivity index (χ4n) is 3.96. The summed E-state index contributed by atoms with van der Waals surface area (Å²) in [6.45, 7) is 10.1. The van der Waals surface area contributed by atoms with Crippen LogP contribution in [0.3, 0.4) is 0 Å². The molecule has 0 aliphatic carbocycles. The van der Waals surface area contributed by atoms with E-state index >= 15 is 0 Å². The number of amides is 1. The predicted octanol–water partition coefficient (Wildman–Crippen LogP) is 3.36. The van der Waals surface area contributed by atoms with Crippen LogP contribution in [0.5, 0.6) is 0 Å². The Morgan fingerprint density at radius 2 is 1.96 bits per heavy atom. The Bertz CT molecular complexity index is 851. The molecule has 0 radical (unpaired) electrons. The quantitative estimate of drug-likeness (QED) is 0.844. The summed E-state index contributed by atoms with van der Waals surface area (Å²) in [4.78, 5) is 16.1. The first kappa shape index (κ1) is 15.9. The Morgan fingerprint density at radius 1 is 1.16 bits per heavy atom. The van der Waals surface area contributed by atoms with Crippen LogP contribution in [0.15, 0.2) is 30.8 Å². The summed E-state index contributed by atoms with van der Waals surface area (Å²) in [5.41, 5.74) is 5.89. The van der Waals surface area contributed by atoms with Gasteiger partial charge < -0.3 is 9.80 Å². The monoisotopic (exact) mass is 336 g/mol. The van der Waals surface area contributed by atoms with Crippen molar-refractivity contribution in [3.05, 3.63) is 47.7 Å². The van der Waals surface area contributed by atoms with Gasteiger partial charge in [0, 0.05) is 43.4 Å². The van der Waals surface area contributed by atoms with Gasteiger partial charge in [-0.2, -0.15) is 0 Å². The van der Waals surface area contributed by atoms with Gasteiger partial charge in [-0.15, -0.1) is 5.10 Å². The molecule has 5 nitrogen and oxygen atoms in total. The molecular formula is C20H24N4O. The molecule has 1 aromatic carbocycles. The van der Waals surface area contributed by atoms with Crippen LogP contribution >= 0.6 is 0 Å². The molecule has 0 saturated heterocycles. The number of benzene rings is 1. The van der Waals surface area contributed by atoms with Crippen molar-refractivity contribution in [2.45, 2.75) is 39.7 Å². The maximum atomic E-state index is 11.9. The summed E-state index contributed by atoms with van der Waals surface area (Å²) in [6.07, 6.45) is 3.04. The normalized spacial score (nSPS) is 16.4. The van der Waals surface area contributed by atoms with Gasteiger partial charge in [0.1, 0.15) is 0 Å². The van der Waals surface area contributed by atoms with E-state index in [-0.39, 0.29) is 5.91 Å². The summed E-state index contributed by atoms with van der Waals surface area (Å²) < 4.78 is 1.97. The van der Waals surface area contributed by atoms with Crippen molar-refractivity contribution in [3.63, 3.8) is 0 Å². The van der Waals surface area contributed by atoms with Gasteiger partial charge in [0.05, 0.1) is 12.2 Å². The molecule has 2 aliphatic heterocycles. The van der Waals surface area contributed by atoms with Crippen LogP contribution in [-0.4, -0.2) is 33.7 Å². The number of nitrogens with zero attached hydrogens (tertiary/aromatic N) is 4.